The van der Waals surface area contributed by atoms with Crippen molar-refractivity contribution in [2.45, 2.75) is 43.8 Å². The van der Waals surface area contributed by atoms with Gasteiger partial charge in [0, 0.05) is 5.92 Å². The molecule has 0 radical (unpaired) electrons. The minimum Gasteiger partial charge on any atom is -0.507 e. The summed E-state index contributed by atoms with van der Waals surface area (Å²) >= 11 is 0. The van der Waals surface area contributed by atoms with Crippen LogP contribution in [0.25, 0.3) is 11.0 Å². The van der Waals surface area contributed by atoms with E-state index in [9.17, 15) is 59.7 Å². The first-order chi connectivity index (χ1) is 18.3. The quantitative estimate of drug-likeness (QED) is 0.195. The van der Waals surface area contributed by atoms with Gasteiger partial charge in [0.2, 0.25) is 0 Å². The van der Waals surface area contributed by atoms with E-state index in [1.54, 1.807) is 0 Å². The number of aliphatic carboxylic acids is 1. The molecule has 0 aliphatic rings. The lowest BCUT2D eigenvalue weighted by Crippen LogP contribution is -2.47. The zero-order valence-corrected chi connectivity index (χ0v) is 19.8. The van der Waals surface area contributed by atoms with Crippen molar-refractivity contribution in [3.05, 3.63) is 69.6 Å². The van der Waals surface area contributed by atoms with E-state index >= 15 is 0 Å². The zero-order valence-electron chi connectivity index (χ0n) is 19.8. The number of alkyl halides is 8. The predicted octanol–water partition coefficient (Wildman–Crippen LogP) is 5.75. The smallest absolute Gasteiger partial charge is 0.507 e. The fourth-order valence-electron chi connectivity index (χ4n) is 3.68. The van der Waals surface area contributed by atoms with Gasteiger partial charge in [0.1, 0.15) is 22.6 Å². The van der Waals surface area contributed by atoms with E-state index in [0.29, 0.717) is 12.1 Å². The average Bonchev–Trinajstić information content (AvgIpc) is 2.81. The molecule has 0 amide bonds. The number of ether oxygens (including phenoxy) is 2. The highest BCUT2D eigenvalue weighted by atomic mass is 19.4. The summed E-state index contributed by atoms with van der Waals surface area (Å²) in [6, 6.07) is 7.09. The maximum absolute atomic E-state index is 13.6. The van der Waals surface area contributed by atoms with E-state index in [1.807, 2.05) is 0 Å². The molecule has 0 aliphatic heterocycles. The number of hydrogen-bond donors (Lipinski definition) is 2. The summed E-state index contributed by atoms with van der Waals surface area (Å²) < 4.78 is 117. The predicted molar refractivity (Wildman–Crippen MR) is 117 cm³/mol. The number of carbonyl (C=O) groups excluding carboxylic acids is 1. The Balaban J connectivity index is 2.19. The molecule has 1 heterocycles. The molecule has 0 bridgehead atoms. The third kappa shape index (κ3) is 6.26. The first kappa shape index (κ1) is 30.2. The number of benzene rings is 2. The van der Waals surface area contributed by atoms with Crippen molar-refractivity contribution in [3.63, 3.8) is 0 Å². The summed E-state index contributed by atoms with van der Waals surface area (Å²) in [6.07, 6.45) is -15.9. The molecule has 2 unspecified atom stereocenters. The lowest BCUT2D eigenvalue weighted by Gasteiger charge is -2.26. The second-order valence-electron chi connectivity index (χ2n) is 8.27. The lowest BCUT2D eigenvalue weighted by molar-refractivity contribution is -0.309. The van der Waals surface area contributed by atoms with Crippen molar-refractivity contribution in [2.24, 2.45) is 0 Å². The van der Waals surface area contributed by atoms with Crippen molar-refractivity contribution in [1.29, 1.82) is 0 Å². The molecule has 2 aromatic carbocycles. The molecule has 8 nitrogen and oxygen atoms in total. The molecule has 0 spiro atoms. The van der Waals surface area contributed by atoms with Crippen molar-refractivity contribution < 1.29 is 68.8 Å². The van der Waals surface area contributed by atoms with Crippen molar-refractivity contribution in [2.75, 3.05) is 0 Å². The summed E-state index contributed by atoms with van der Waals surface area (Å²) in [5.74, 6) is -13.2. The highest BCUT2D eigenvalue weighted by molar-refractivity contribution is 5.93. The van der Waals surface area contributed by atoms with E-state index in [1.165, 1.54) is 24.3 Å². The van der Waals surface area contributed by atoms with Crippen molar-refractivity contribution >= 4 is 22.9 Å². The summed E-state index contributed by atoms with van der Waals surface area (Å²) in [5.41, 5.74) is -3.86. The van der Waals surface area contributed by atoms with Gasteiger partial charge in [-0.15, -0.1) is 13.2 Å². The van der Waals surface area contributed by atoms with E-state index in [4.69, 9.17) is 4.42 Å². The van der Waals surface area contributed by atoms with E-state index in [2.05, 4.69) is 9.47 Å². The number of fused-ring (bicyclic) bond motifs is 1. The van der Waals surface area contributed by atoms with Crippen molar-refractivity contribution in [3.8, 4) is 11.5 Å². The molecular weight excluding hydrogens is 568 g/mol. The molecule has 40 heavy (non-hydrogen) atoms. The van der Waals surface area contributed by atoms with E-state index < -0.39 is 82.7 Å². The summed E-state index contributed by atoms with van der Waals surface area (Å²) in [7, 11) is 0. The normalized spacial score (nSPS) is 14.0. The molecule has 1 aromatic heterocycles. The van der Waals surface area contributed by atoms with E-state index in [0.717, 1.165) is 6.07 Å². The SMILES string of the molecule is CC(OC(=O)c1cc(C(CC(=O)O)c2c(O)c3ccccc3oc2=O)ccc1OC(F)(F)F)C(F)(F)C(F)(F)F. The van der Waals surface area contributed by atoms with E-state index in [-0.39, 0.29) is 17.9 Å². The number of carbonyl (C=O) groups is 2. The molecule has 0 saturated heterocycles. The first-order valence-electron chi connectivity index (χ1n) is 10.8. The topological polar surface area (TPSA) is 123 Å². The van der Waals surface area contributed by atoms with Gasteiger partial charge in [-0.2, -0.15) is 22.0 Å². The monoisotopic (exact) mass is 584 g/mol. The van der Waals surface area contributed by atoms with Crippen LogP contribution in [-0.4, -0.2) is 46.7 Å². The maximum Gasteiger partial charge on any atom is 0.573 e. The Bertz CT molecular complexity index is 1490. The number of para-hydroxylation sites is 1. The first-order valence-corrected chi connectivity index (χ1v) is 10.8. The molecule has 216 valence electrons. The Morgan fingerprint density at radius 2 is 1.62 bits per heavy atom. The van der Waals surface area contributed by atoms with Crippen LogP contribution in [0.4, 0.5) is 35.1 Å². The van der Waals surface area contributed by atoms with Crippen LogP contribution in [0, 0.1) is 0 Å². The minimum absolute atomic E-state index is 0.0626. The number of aromatic hydroxyl groups is 1. The fourth-order valence-corrected chi connectivity index (χ4v) is 3.68. The lowest BCUT2D eigenvalue weighted by atomic mass is 9.87. The van der Waals surface area contributed by atoms with Crippen LogP contribution in [0.5, 0.6) is 11.5 Å². The molecule has 3 aromatic rings. The molecule has 0 saturated carbocycles. The fraction of sp³-hybridized carbons (Fsp3) is 0.292. The van der Waals surface area contributed by atoms with Gasteiger partial charge in [-0.3, -0.25) is 4.79 Å². The highest BCUT2D eigenvalue weighted by Crippen LogP contribution is 2.41. The molecule has 0 fully saturated rings. The second kappa shape index (κ2) is 10.7. The van der Waals surface area contributed by atoms with Gasteiger partial charge in [0.15, 0.2) is 6.10 Å². The van der Waals surface area contributed by atoms with Crippen LogP contribution in [0.2, 0.25) is 0 Å². The van der Waals surface area contributed by atoms with Gasteiger partial charge >= 0.3 is 36.0 Å². The standard InChI is InChI=1S/C24H16F8O8/c1-10(22(25,26)23(27,28)29)38-20(36)14-8-11(6-7-16(14)40-24(30,31)32)13(9-17(33)34)18-19(35)12-4-2-3-5-15(12)39-21(18)37/h2-8,10,13,35H,9H2,1H3,(H,33,34). The third-order valence-corrected chi connectivity index (χ3v) is 5.57. The zero-order chi connectivity index (χ0) is 30.2. The number of carboxylic acids is 1. The molecule has 2 atom stereocenters. The van der Waals surface area contributed by atoms with Crippen LogP contribution in [0.15, 0.2) is 51.7 Å². The third-order valence-electron chi connectivity index (χ3n) is 5.57. The highest BCUT2D eigenvalue weighted by Gasteiger charge is 2.62. The minimum atomic E-state index is -6.19. The Hall–Kier alpha value is -4.37. The van der Waals surface area contributed by atoms with Gasteiger partial charge in [-0.05, 0) is 36.8 Å². The molecule has 2 N–H and O–H groups in total. The molecule has 16 heteroatoms. The number of hydrogen-bond acceptors (Lipinski definition) is 7. The Morgan fingerprint density at radius 3 is 2.20 bits per heavy atom. The maximum atomic E-state index is 13.6. The van der Waals surface area contributed by atoms with Crippen molar-refractivity contribution in [1.82, 2.24) is 0 Å². The van der Waals surface area contributed by atoms with Crippen LogP contribution >= 0.6 is 0 Å². The largest absolute Gasteiger partial charge is 0.573 e. The van der Waals surface area contributed by atoms with Crippen LogP contribution in [-0.2, 0) is 9.53 Å². The van der Waals surface area contributed by atoms with Gasteiger partial charge in [-0.25, -0.2) is 9.59 Å². The Kier molecular flexibility index (Phi) is 8.04. The van der Waals surface area contributed by atoms with Crippen LogP contribution in [0.1, 0.15) is 40.7 Å². The summed E-state index contributed by atoms with van der Waals surface area (Å²) in [4.78, 5) is 36.9. The number of halogens is 8. The number of esters is 1. The number of carboxylic acid groups (broad SMARTS) is 1. The van der Waals surface area contributed by atoms with Gasteiger partial charge in [0.05, 0.1) is 17.4 Å². The van der Waals surface area contributed by atoms with Gasteiger partial charge in [0.25, 0.3) is 0 Å². The Labute approximate surface area is 217 Å². The van der Waals surface area contributed by atoms with Gasteiger partial charge in [-0.1, -0.05) is 18.2 Å². The average molecular weight is 584 g/mol. The molecule has 3 rings (SSSR count). The Morgan fingerprint density at radius 1 is 1.00 bits per heavy atom. The van der Waals surface area contributed by atoms with Crippen LogP contribution in [0.3, 0.4) is 0 Å². The summed E-state index contributed by atoms with van der Waals surface area (Å²) in [6.45, 7) is 0.144. The second-order valence-corrected chi connectivity index (χ2v) is 8.27. The molecule has 0 aliphatic carbocycles. The van der Waals surface area contributed by atoms with Crippen LogP contribution < -0.4 is 10.4 Å². The summed E-state index contributed by atoms with van der Waals surface area (Å²) in [5, 5.41) is 20.1. The number of rotatable bonds is 8. The molecular formula is C24H16F8O8. The van der Waals surface area contributed by atoms with Gasteiger partial charge < -0.3 is 24.1 Å².